The van der Waals surface area contributed by atoms with Crippen LogP contribution in [0.1, 0.15) is 53.9 Å². The van der Waals surface area contributed by atoms with Gasteiger partial charge in [0.05, 0.1) is 18.5 Å². The number of amides is 1. The lowest BCUT2D eigenvalue weighted by molar-refractivity contribution is -0.140. The van der Waals surface area contributed by atoms with E-state index in [-0.39, 0.29) is 5.91 Å². The van der Waals surface area contributed by atoms with Crippen LogP contribution in [0.4, 0.5) is 5.69 Å². The summed E-state index contributed by atoms with van der Waals surface area (Å²) in [5, 5.41) is 2.89. The summed E-state index contributed by atoms with van der Waals surface area (Å²) in [6.45, 7) is 11.2. The van der Waals surface area contributed by atoms with E-state index < -0.39 is 5.60 Å². The highest BCUT2D eigenvalue weighted by molar-refractivity contribution is 5.96. The van der Waals surface area contributed by atoms with Crippen molar-refractivity contribution in [1.29, 1.82) is 0 Å². The van der Waals surface area contributed by atoms with Gasteiger partial charge in [-0.3, -0.25) is 4.79 Å². The second kappa shape index (κ2) is 9.50. The molecule has 0 radical (unpaired) electrons. The van der Waals surface area contributed by atoms with Gasteiger partial charge in [0.15, 0.2) is 0 Å². The summed E-state index contributed by atoms with van der Waals surface area (Å²) in [5.41, 5.74) is -0.188. The van der Waals surface area contributed by atoms with Crippen molar-refractivity contribution in [3.05, 3.63) is 18.3 Å². The minimum atomic E-state index is -0.834. The zero-order valence-corrected chi connectivity index (χ0v) is 15.0. The van der Waals surface area contributed by atoms with Gasteiger partial charge in [0.1, 0.15) is 5.60 Å². The first-order chi connectivity index (χ1) is 10.9. The second-order valence-electron chi connectivity index (χ2n) is 6.30. The van der Waals surface area contributed by atoms with Gasteiger partial charge >= 0.3 is 0 Å². The molecular weight excluding hydrogens is 292 g/mol. The highest BCUT2D eigenvalue weighted by Gasteiger charge is 2.34. The second-order valence-corrected chi connectivity index (χ2v) is 6.30. The van der Waals surface area contributed by atoms with E-state index in [0.717, 1.165) is 12.8 Å². The summed E-state index contributed by atoms with van der Waals surface area (Å²) in [5.74, 6) is 0.797. The normalized spacial score (nSPS) is 13.7. The van der Waals surface area contributed by atoms with Crippen molar-refractivity contribution in [3.8, 4) is 5.88 Å². The minimum Gasteiger partial charge on any atom is -0.478 e. The van der Waals surface area contributed by atoms with Crippen molar-refractivity contribution >= 4 is 11.6 Å². The van der Waals surface area contributed by atoms with Gasteiger partial charge in [-0.25, -0.2) is 4.98 Å². The Morgan fingerprint density at radius 3 is 2.61 bits per heavy atom. The quantitative estimate of drug-likeness (QED) is 0.660. The van der Waals surface area contributed by atoms with E-state index >= 15 is 0 Å². The average molecular weight is 322 g/mol. The van der Waals surface area contributed by atoms with Gasteiger partial charge in [0, 0.05) is 12.7 Å². The van der Waals surface area contributed by atoms with Crippen molar-refractivity contribution in [2.45, 2.75) is 59.5 Å². The average Bonchev–Trinajstić information content (AvgIpc) is 2.48. The fourth-order valence-corrected chi connectivity index (χ4v) is 2.44. The molecule has 0 saturated carbocycles. The Morgan fingerprint density at radius 2 is 2.09 bits per heavy atom. The highest BCUT2D eigenvalue weighted by Crippen LogP contribution is 2.23. The predicted molar refractivity (Wildman–Crippen MR) is 92.8 cm³/mol. The number of aromatic nitrogens is 1. The number of unbranched alkanes of at least 4 members (excludes halogenated alkanes) is 1. The smallest absolute Gasteiger partial charge is 0.256 e. The maximum Gasteiger partial charge on any atom is 0.256 e. The lowest BCUT2D eigenvalue weighted by Gasteiger charge is -2.29. The number of hydrogen-bond donors (Lipinski definition) is 1. The van der Waals surface area contributed by atoms with Gasteiger partial charge in [0.2, 0.25) is 5.88 Å². The standard InChI is InChI=1S/C18H30N2O3/c1-6-8-11-22-16-10-9-15(13-19-16)20-17(21)18(5,23-7-2)12-14(3)4/h9-10,13-14H,6-8,11-12H2,1-5H3,(H,20,21)/t18-/m0/s1. The highest BCUT2D eigenvalue weighted by atomic mass is 16.5. The molecule has 1 heterocycles. The summed E-state index contributed by atoms with van der Waals surface area (Å²) < 4.78 is 11.2. The molecule has 5 heteroatoms. The molecule has 1 rings (SSSR count). The molecule has 0 unspecified atom stereocenters. The van der Waals surface area contributed by atoms with E-state index in [0.29, 0.717) is 37.1 Å². The molecule has 0 bridgehead atoms. The lowest BCUT2D eigenvalue weighted by atomic mass is 9.93. The number of carbonyl (C=O) groups is 1. The summed E-state index contributed by atoms with van der Waals surface area (Å²) in [4.78, 5) is 16.8. The number of rotatable bonds is 10. The Labute approximate surface area is 139 Å². The molecule has 23 heavy (non-hydrogen) atoms. The van der Waals surface area contributed by atoms with Crippen molar-refractivity contribution in [1.82, 2.24) is 4.98 Å². The molecule has 1 amide bonds. The number of nitrogens with one attached hydrogen (secondary N) is 1. The minimum absolute atomic E-state index is 0.144. The van der Waals surface area contributed by atoms with Gasteiger partial charge in [-0.1, -0.05) is 27.2 Å². The molecule has 1 aromatic heterocycles. The Morgan fingerprint density at radius 1 is 1.35 bits per heavy atom. The number of pyridine rings is 1. The number of hydrogen-bond acceptors (Lipinski definition) is 4. The first kappa shape index (κ1) is 19.4. The van der Waals surface area contributed by atoms with Crippen LogP contribution < -0.4 is 10.1 Å². The molecule has 5 nitrogen and oxygen atoms in total. The molecule has 1 atom stereocenters. The lowest BCUT2D eigenvalue weighted by Crippen LogP contribution is -2.44. The van der Waals surface area contributed by atoms with Crippen LogP contribution in [0.5, 0.6) is 5.88 Å². The summed E-state index contributed by atoms with van der Waals surface area (Å²) >= 11 is 0. The molecule has 0 spiro atoms. The molecule has 0 aliphatic rings. The Balaban J connectivity index is 2.67. The van der Waals surface area contributed by atoms with Crippen molar-refractivity contribution < 1.29 is 14.3 Å². The number of carbonyl (C=O) groups excluding carboxylic acids is 1. The van der Waals surface area contributed by atoms with Crippen LogP contribution in [0.2, 0.25) is 0 Å². The molecule has 0 aliphatic carbocycles. The predicted octanol–water partition coefficient (Wildman–Crippen LogP) is 4.04. The van der Waals surface area contributed by atoms with Gasteiger partial charge in [-0.15, -0.1) is 0 Å². The van der Waals surface area contributed by atoms with Crippen LogP contribution in [0.15, 0.2) is 18.3 Å². The molecule has 1 aromatic rings. The molecule has 0 saturated heterocycles. The van der Waals surface area contributed by atoms with Crippen LogP contribution in [0.25, 0.3) is 0 Å². The molecule has 0 fully saturated rings. The fourth-order valence-electron chi connectivity index (χ4n) is 2.44. The van der Waals surface area contributed by atoms with Crippen LogP contribution >= 0.6 is 0 Å². The molecule has 1 N–H and O–H groups in total. The van der Waals surface area contributed by atoms with Crippen LogP contribution in [-0.4, -0.2) is 29.7 Å². The van der Waals surface area contributed by atoms with Crippen molar-refractivity contribution in [3.63, 3.8) is 0 Å². The van der Waals surface area contributed by atoms with Gasteiger partial charge in [-0.2, -0.15) is 0 Å². The zero-order chi connectivity index (χ0) is 17.3. The van der Waals surface area contributed by atoms with Gasteiger partial charge in [0.25, 0.3) is 5.91 Å². The number of ether oxygens (including phenoxy) is 2. The topological polar surface area (TPSA) is 60.5 Å². The third kappa shape index (κ3) is 6.57. The van der Waals surface area contributed by atoms with E-state index in [1.807, 2.05) is 13.8 Å². The molecular formula is C18H30N2O3. The Kier molecular flexibility index (Phi) is 8.03. The van der Waals surface area contributed by atoms with E-state index in [9.17, 15) is 4.79 Å². The molecule has 0 aliphatic heterocycles. The van der Waals surface area contributed by atoms with E-state index in [4.69, 9.17) is 9.47 Å². The molecule has 130 valence electrons. The van der Waals surface area contributed by atoms with Crippen LogP contribution in [0, 0.1) is 5.92 Å². The third-order valence-corrected chi connectivity index (χ3v) is 3.48. The zero-order valence-electron chi connectivity index (χ0n) is 15.0. The Bertz CT molecular complexity index is 474. The van der Waals surface area contributed by atoms with Crippen molar-refractivity contribution in [2.75, 3.05) is 18.5 Å². The van der Waals surface area contributed by atoms with Gasteiger partial charge < -0.3 is 14.8 Å². The van der Waals surface area contributed by atoms with E-state index in [1.165, 1.54) is 0 Å². The van der Waals surface area contributed by atoms with Crippen molar-refractivity contribution in [2.24, 2.45) is 5.92 Å². The fraction of sp³-hybridized carbons (Fsp3) is 0.667. The van der Waals surface area contributed by atoms with Crippen LogP contribution in [-0.2, 0) is 9.53 Å². The monoisotopic (exact) mass is 322 g/mol. The Hall–Kier alpha value is -1.62. The first-order valence-corrected chi connectivity index (χ1v) is 8.45. The summed E-state index contributed by atoms with van der Waals surface area (Å²) in [7, 11) is 0. The largest absolute Gasteiger partial charge is 0.478 e. The number of anilines is 1. The summed E-state index contributed by atoms with van der Waals surface area (Å²) in [6.07, 6.45) is 4.36. The van der Waals surface area contributed by atoms with Crippen LogP contribution in [0.3, 0.4) is 0 Å². The third-order valence-electron chi connectivity index (χ3n) is 3.48. The first-order valence-electron chi connectivity index (χ1n) is 8.45. The van der Waals surface area contributed by atoms with Gasteiger partial charge in [-0.05, 0) is 38.7 Å². The maximum absolute atomic E-state index is 12.6. The molecule has 0 aromatic carbocycles. The van der Waals surface area contributed by atoms with E-state index in [1.54, 1.807) is 18.3 Å². The van der Waals surface area contributed by atoms with E-state index in [2.05, 4.69) is 31.1 Å². The summed E-state index contributed by atoms with van der Waals surface area (Å²) in [6, 6.07) is 3.57. The number of nitrogens with zero attached hydrogens (tertiary/aromatic N) is 1. The maximum atomic E-state index is 12.6. The SMILES string of the molecule is CCCCOc1ccc(NC(=O)[C@](C)(CC(C)C)OCC)cn1.